The van der Waals surface area contributed by atoms with Gasteiger partial charge in [0.15, 0.2) is 0 Å². The van der Waals surface area contributed by atoms with Gasteiger partial charge in [-0.3, -0.25) is 9.59 Å². The summed E-state index contributed by atoms with van der Waals surface area (Å²) in [6.45, 7) is 3.17. The summed E-state index contributed by atoms with van der Waals surface area (Å²) in [7, 11) is 0. The minimum Gasteiger partial charge on any atom is -0.346 e. The summed E-state index contributed by atoms with van der Waals surface area (Å²) in [5, 5.41) is 1.96. The van der Waals surface area contributed by atoms with Crippen molar-refractivity contribution in [2.75, 3.05) is 19.6 Å². The molecule has 2 rings (SSSR count). The standard InChI is InChI=1S/C17H23ClN2O2/c1-13(18)17(22)19-12-16(21)20-9-7-15(8-10-20)11-14-5-3-2-4-6-14/h2-6,13,15H,7-12H2,1H3,(H,19,22). The van der Waals surface area contributed by atoms with Crippen molar-refractivity contribution in [1.29, 1.82) is 0 Å². The van der Waals surface area contributed by atoms with Crippen molar-refractivity contribution < 1.29 is 9.59 Å². The molecule has 0 bridgehead atoms. The number of nitrogens with zero attached hydrogens (tertiary/aromatic N) is 1. The van der Waals surface area contributed by atoms with E-state index in [1.165, 1.54) is 5.56 Å². The monoisotopic (exact) mass is 322 g/mol. The second kappa shape index (κ2) is 8.18. The first-order valence-electron chi connectivity index (χ1n) is 7.79. The van der Waals surface area contributed by atoms with Crippen LogP contribution in [0.5, 0.6) is 0 Å². The lowest BCUT2D eigenvalue weighted by Crippen LogP contribution is -2.45. The number of carbonyl (C=O) groups excluding carboxylic acids is 2. The zero-order chi connectivity index (χ0) is 15.9. The van der Waals surface area contributed by atoms with Crippen molar-refractivity contribution in [2.45, 2.75) is 31.6 Å². The number of amides is 2. The molecule has 0 radical (unpaired) electrons. The Morgan fingerprint density at radius 3 is 2.50 bits per heavy atom. The summed E-state index contributed by atoms with van der Waals surface area (Å²) >= 11 is 5.66. The van der Waals surface area contributed by atoms with Crippen LogP contribution < -0.4 is 5.32 Å². The van der Waals surface area contributed by atoms with Crippen molar-refractivity contribution in [3.05, 3.63) is 35.9 Å². The number of likely N-dealkylation sites (tertiary alicyclic amines) is 1. The molecule has 1 saturated heterocycles. The highest BCUT2D eigenvalue weighted by atomic mass is 35.5. The zero-order valence-corrected chi connectivity index (χ0v) is 13.7. The van der Waals surface area contributed by atoms with Crippen molar-refractivity contribution >= 4 is 23.4 Å². The van der Waals surface area contributed by atoms with Gasteiger partial charge in [0.05, 0.1) is 6.54 Å². The lowest BCUT2D eigenvalue weighted by molar-refractivity contribution is -0.133. The summed E-state index contributed by atoms with van der Waals surface area (Å²) in [4.78, 5) is 25.3. The number of nitrogens with one attached hydrogen (secondary N) is 1. The highest BCUT2D eigenvalue weighted by Crippen LogP contribution is 2.21. The quantitative estimate of drug-likeness (QED) is 0.845. The molecule has 1 atom stereocenters. The van der Waals surface area contributed by atoms with E-state index in [0.29, 0.717) is 5.92 Å². The minimum atomic E-state index is -0.607. The fraction of sp³-hybridized carbons (Fsp3) is 0.529. The predicted octanol–water partition coefficient (Wildman–Crippen LogP) is 2.21. The van der Waals surface area contributed by atoms with Crippen LogP contribution in [-0.4, -0.2) is 41.7 Å². The van der Waals surface area contributed by atoms with Crippen LogP contribution >= 0.6 is 11.6 Å². The maximum Gasteiger partial charge on any atom is 0.241 e. The summed E-state index contributed by atoms with van der Waals surface area (Å²) in [6, 6.07) is 10.5. The van der Waals surface area contributed by atoms with Gasteiger partial charge in [0.1, 0.15) is 5.38 Å². The van der Waals surface area contributed by atoms with Crippen molar-refractivity contribution in [3.8, 4) is 0 Å². The van der Waals surface area contributed by atoms with Gasteiger partial charge in [0.25, 0.3) is 0 Å². The fourth-order valence-electron chi connectivity index (χ4n) is 2.75. The number of piperidine rings is 1. The third kappa shape index (κ3) is 5.02. The van der Waals surface area contributed by atoms with Crippen LogP contribution in [0.4, 0.5) is 0 Å². The molecule has 5 heteroatoms. The number of hydrogen-bond acceptors (Lipinski definition) is 2. The molecule has 2 amide bonds. The van der Waals surface area contributed by atoms with Gasteiger partial charge in [0.2, 0.25) is 11.8 Å². The lowest BCUT2D eigenvalue weighted by atomic mass is 9.90. The molecule has 1 aromatic rings. The number of benzene rings is 1. The number of rotatable bonds is 5. The summed E-state index contributed by atoms with van der Waals surface area (Å²) in [5.41, 5.74) is 1.36. The average molecular weight is 323 g/mol. The lowest BCUT2D eigenvalue weighted by Gasteiger charge is -2.32. The van der Waals surface area contributed by atoms with Crippen molar-refractivity contribution in [1.82, 2.24) is 10.2 Å². The Hall–Kier alpha value is -1.55. The van der Waals surface area contributed by atoms with E-state index in [9.17, 15) is 9.59 Å². The van der Waals surface area contributed by atoms with Crippen LogP contribution in [0.3, 0.4) is 0 Å². The highest BCUT2D eigenvalue weighted by Gasteiger charge is 2.23. The van der Waals surface area contributed by atoms with Gasteiger partial charge in [-0.05, 0) is 37.7 Å². The van der Waals surface area contributed by atoms with E-state index in [1.54, 1.807) is 6.92 Å². The van der Waals surface area contributed by atoms with E-state index in [0.717, 1.165) is 32.4 Å². The Morgan fingerprint density at radius 2 is 1.91 bits per heavy atom. The molecule has 0 saturated carbocycles. The number of alkyl halides is 1. The first-order valence-corrected chi connectivity index (χ1v) is 8.23. The minimum absolute atomic E-state index is 0.0242. The Bertz CT molecular complexity index is 497. The van der Waals surface area contributed by atoms with E-state index >= 15 is 0 Å². The zero-order valence-electron chi connectivity index (χ0n) is 12.9. The second-order valence-electron chi connectivity index (χ2n) is 5.85. The van der Waals surface area contributed by atoms with Crippen LogP contribution in [0.1, 0.15) is 25.3 Å². The van der Waals surface area contributed by atoms with Gasteiger partial charge >= 0.3 is 0 Å². The molecule has 1 heterocycles. The first kappa shape index (κ1) is 16.8. The van der Waals surface area contributed by atoms with Crippen LogP contribution in [0.25, 0.3) is 0 Å². The number of halogens is 1. The van der Waals surface area contributed by atoms with Gasteiger partial charge in [-0.25, -0.2) is 0 Å². The van der Waals surface area contributed by atoms with Crippen LogP contribution in [-0.2, 0) is 16.0 Å². The third-order valence-corrected chi connectivity index (χ3v) is 4.31. The summed E-state index contributed by atoms with van der Waals surface area (Å²) in [5.74, 6) is 0.307. The maximum absolute atomic E-state index is 12.1. The van der Waals surface area contributed by atoms with Gasteiger partial charge in [-0.1, -0.05) is 30.3 Å². The van der Waals surface area contributed by atoms with E-state index < -0.39 is 5.38 Å². The molecular formula is C17H23ClN2O2. The molecular weight excluding hydrogens is 300 g/mol. The van der Waals surface area contributed by atoms with Crippen molar-refractivity contribution in [3.63, 3.8) is 0 Å². The van der Waals surface area contributed by atoms with Gasteiger partial charge < -0.3 is 10.2 Å². The molecule has 0 spiro atoms. The third-order valence-electron chi connectivity index (χ3n) is 4.11. The van der Waals surface area contributed by atoms with E-state index in [-0.39, 0.29) is 18.4 Å². The SMILES string of the molecule is CC(Cl)C(=O)NCC(=O)N1CCC(Cc2ccccc2)CC1. The molecule has 1 N–H and O–H groups in total. The Morgan fingerprint density at radius 1 is 1.27 bits per heavy atom. The normalized spacial score (nSPS) is 17.1. The Kier molecular flexibility index (Phi) is 6.25. The van der Waals surface area contributed by atoms with Crippen LogP contribution in [0, 0.1) is 5.92 Å². The molecule has 1 aromatic carbocycles. The van der Waals surface area contributed by atoms with Gasteiger partial charge in [0, 0.05) is 13.1 Å². The molecule has 0 aliphatic carbocycles. The van der Waals surface area contributed by atoms with Crippen molar-refractivity contribution in [2.24, 2.45) is 5.92 Å². The molecule has 1 aliphatic rings. The molecule has 1 aliphatic heterocycles. The first-order chi connectivity index (χ1) is 10.6. The summed E-state index contributed by atoms with van der Waals surface area (Å²) in [6.07, 6.45) is 3.10. The van der Waals surface area contributed by atoms with E-state index in [4.69, 9.17) is 11.6 Å². The fourth-order valence-corrected chi connectivity index (χ4v) is 2.83. The van der Waals surface area contributed by atoms with Gasteiger partial charge in [-0.2, -0.15) is 0 Å². The molecule has 1 fully saturated rings. The molecule has 4 nitrogen and oxygen atoms in total. The van der Waals surface area contributed by atoms with E-state index in [1.807, 2.05) is 11.0 Å². The Balaban J connectivity index is 1.72. The van der Waals surface area contributed by atoms with Crippen LogP contribution in [0.15, 0.2) is 30.3 Å². The predicted molar refractivity (Wildman–Crippen MR) is 87.8 cm³/mol. The number of hydrogen-bond donors (Lipinski definition) is 1. The van der Waals surface area contributed by atoms with Gasteiger partial charge in [-0.15, -0.1) is 11.6 Å². The topological polar surface area (TPSA) is 49.4 Å². The maximum atomic E-state index is 12.1. The summed E-state index contributed by atoms with van der Waals surface area (Å²) < 4.78 is 0. The largest absolute Gasteiger partial charge is 0.346 e. The molecule has 22 heavy (non-hydrogen) atoms. The average Bonchev–Trinajstić information content (AvgIpc) is 2.54. The molecule has 120 valence electrons. The van der Waals surface area contributed by atoms with E-state index in [2.05, 4.69) is 29.6 Å². The number of carbonyl (C=O) groups is 2. The molecule has 0 aromatic heterocycles. The molecule has 1 unspecified atom stereocenters. The highest BCUT2D eigenvalue weighted by molar-refractivity contribution is 6.30. The Labute approximate surface area is 136 Å². The smallest absolute Gasteiger partial charge is 0.241 e. The second-order valence-corrected chi connectivity index (χ2v) is 6.50. The van der Waals surface area contributed by atoms with Crippen LogP contribution in [0.2, 0.25) is 0 Å².